The molecule has 0 saturated heterocycles. The van der Waals surface area contributed by atoms with Crippen LogP contribution >= 0.6 is 0 Å². The first-order valence-corrected chi connectivity index (χ1v) is 7.64. The molecule has 0 unspecified atom stereocenters. The molecular weight excluding hydrogens is 279 g/mol. The minimum atomic E-state index is -4.36. The van der Waals surface area contributed by atoms with Crippen LogP contribution < -0.4 is 5.32 Å². The van der Waals surface area contributed by atoms with Gasteiger partial charge in [0.15, 0.2) is 9.84 Å². The summed E-state index contributed by atoms with van der Waals surface area (Å²) in [6, 6.07) is 4.96. The number of nitrogens with one attached hydrogen (secondary N) is 1. The molecule has 0 saturated carbocycles. The van der Waals surface area contributed by atoms with E-state index in [-0.39, 0.29) is 24.6 Å². The molecule has 1 rings (SSSR count). The van der Waals surface area contributed by atoms with E-state index >= 15 is 0 Å². The van der Waals surface area contributed by atoms with Crippen molar-refractivity contribution in [3.05, 3.63) is 35.4 Å². The van der Waals surface area contributed by atoms with Crippen LogP contribution in [0, 0.1) is 0 Å². The Morgan fingerprint density at radius 2 is 1.95 bits per heavy atom. The van der Waals surface area contributed by atoms with E-state index in [0.717, 1.165) is 12.1 Å². The summed E-state index contributed by atoms with van der Waals surface area (Å²) in [5.74, 6) is 0.0563. The Morgan fingerprint density at radius 3 is 2.53 bits per heavy atom. The first-order valence-electron chi connectivity index (χ1n) is 5.82. The normalized spacial score (nSPS) is 12.6. The minimum Gasteiger partial charge on any atom is -0.312 e. The largest absolute Gasteiger partial charge is 0.416 e. The molecule has 0 spiro atoms. The maximum absolute atomic E-state index is 12.5. The van der Waals surface area contributed by atoms with E-state index in [1.807, 2.05) is 0 Å². The van der Waals surface area contributed by atoms with Gasteiger partial charge in [0, 0.05) is 18.8 Å². The van der Waals surface area contributed by atoms with Crippen molar-refractivity contribution in [2.75, 3.05) is 18.1 Å². The Hall–Kier alpha value is -1.08. The van der Waals surface area contributed by atoms with Crippen molar-refractivity contribution in [1.29, 1.82) is 0 Å². The highest BCUT2D eigenvalue weighted by Gasteiger charge is 2.30. The molecule has 3 nitrogen and oxygen atoms in total. The third-order valence-corrected chi connectivity index (χ3v) is 4.32. The van der Waals surface area contributed by atoms with Crippen molar-refractivity contribution in [3.63, 3.8) is 0 Å². The van der Waals surface area contributed by atoms with Crippen LogP contribution in [0.5, 0.6) is 0 Å². The van der Waals surface area contributed by atoms with Crippen LogP contribution in [0.15, 0.2) is 24.3 Å². The Kier molecular flexibility index (Phi) is 5.37. The van der Waals surface area contributed by atoms with E-state index < -0.39 is 21.6 Å². The fourth-order valence-corrected chi connectivity index (χ4v) is 2.21. The predicted molar refractivity (Wildman–Crippen MR) is 67.5 cm³/mol. The van der Waals surface area contributed by atoms with E-state index in [4.69, 9.17) is 0 Å². The van der Waals surface area contributed by atoms with Gasteiger partial charge in [-0.2, -0.15) is 13.2 Å². The third kappa shape index (κ3) is 5.61. The van der Waals surface area contributed by atoms with Crippen molar-refractivity contribution < 1.29 is 21.6 Å². The molecule has 1 aromatic carbocycles. The molecule has 0 fully saturated rings. The minimum absolute atomic E-state index is 0.0114. The quantitative estimate of drug-likeness (QED) is 0.819. The van der Waals surface area contributed by atoms with Gasteiger partial charge in [-0.25, -0.2) is 8.42 Å². The fourth-order valence-electron chi connectivity index (χ4n) is 1.46. The highest BCUT2D eigenvalue weighted by molar-refractivity contribution is 7.91. The van der Waals surface area contributed by atoms with Gasteiger partial charge in [-0.3, -0.25) is 0 Å². The van der Waals surface area contributed by atoms with Crippen LogP contribution in [0.25, 0.3) is 0 Å². The number of alkyl halides is 3. The number of halogens is 3. The molecule has 0 atom stereocenters. The molecule has 19 heavy (non-hydrogen) atoms. The van der Waals surface area contributed by atoms with Crippen molar-refractivity contribution in [2.45, 2.75) is 19.6 Å². The first kappa shape index (κ1) is 16.0. The lowest BCUT2D eigenvalue weighted by Crippen LogP contribution is -2.23. The van der Waals surface area contributed by atoms with Gasteiger partial charge in [0.1, 0.15) is 0 Å². The van der Waals surface area contributed by atoms with Crippen LogP contribution in [0.3, 0.4) is 0 Å². The topological polar surface area (TPSA) is 46.2 Å². The molecule has 0 radical (unpaired) electrons. The van der Waals surface area contributed by atoms with Gasteiger partial charge in [0.25, 0.3) is 0 Å². The van der Waals surface area contributed by atoms with E-state index in [0.29, 0.717) is 5.56 Å². The van der Waals surface area contributed by atoms with Crippen LogP contribution in [0.4, 0.5) is 13.2 Å². The zero-order chi connectivity index (χ0) is 14.5. The Bertz CT molecular complexity index is 512. The highest BCUT2D eigenvalue weighted by atomic mass is 32.2. The van der Waals surface area contributed by atoms with Gasteiger partial charge in [-0.15, -0.1) is 0 Å². The SMILES string of the molecule is CCS(=O)(=O)CCNCc1cccc(C(F)(F)F)c1. The number of sulfone groups is 1. The van der Waals surface area contributed by atoms with E-state index in [9.17, 15) is 21.6 Å². The zero-order valence-electron chi connectivity index (χ0n) is 10.5. The van der Waals surface area contributed by atoms with Crippen LogP contribution in [0.1, 0.15) is 18.1 Å². The molecule has 0 aliphatic rings. The third-order valence-electron chi connectivity index (χ3n) is 2.61. The Labute approximate surface area is 110 Å². The predicted octanol–water partition coefficient (Wildman–Crippen LogP) is 2.23. The van der Waals surface area contributed by atoms with Crippen molar-refractivity contribution in [3.8, 4) is 0 Å². The molecule has 108 valence electrons. The number of hydrogen-bond acceptors (Lipinski definition) is 3. The molecule has 0 aliphatic carbocycles. The lowest BCUT2D eigenvalue weighted by molar-refractivity contribution is -0.137. The summed E-state index contributed by atoms with van der Waals surface area (Å²) < 4.78 is 59.8. The average molecular weight is 295 g/mol. The lowest BCUT2D eigenvalue weighted by atomic mass is 10.1. The summed E-state index contributed by atoms with van der Waals surface area (Å²) in [4.78, 5) is 0. The molecular formula is C12H16F3NO2S. The number of hydrogen-bond donors (Lipinski definition) is 1. The number of rotatable bonds is 6. The summed E-state index contributed by atoms with van der Waals surface area (Å²) in [6.45, 7) is 2.00. The lowest BCUT2D eigenvalue weighted by Gasteiger charge is -2.09. The van der Waals surface area contributed by atoms with Crippen LogP contribution in [0.2, 0.25) is 0 Å². The molecule has 0 aromatic heterocycles. The molecule has 0 aliphatic heterocycles. The fraction of sp³-hybridized carbons (Fsp3) is 0.500. The van der Waals surface area contributed by atoms with Crippen molar-refractivity contribution in [2.24, 2.45) is 0 Å². The summed E-state index contributed by atoms with van der Waals surface area (Å²) in [6.07, 6.45) is -4.36. The average Bonchev–Trinajstić information content (AvgIpc) is 2.34. The molecule has 1 aromatic rings. The van der Waals surface area contributed by atoms with Gasteiger partial charge < -0.3 is 5.32 Å². The highest BCUT2D eigenvalue weighted by Crippen LogP contribution is 2.29. The maximum Gasteiger partial charge on any atom is 0.416 e. The second-order valence-corrected chi connectivity index (χ2v) is 6.58. The summed E-state index contributed by atoms with van der Waals surface area (Å²) in [7, 11) is -3.05. The van der Waals surface area contributed by atoms with E-state index in [1.165, 1.54) is 6.07 Å². The van der Waals surface area contributed by atoms with Crippen molar-refractivity contribution >= 4 is 9.84 Å². The zero-order valence-corrected chi connectivity index (χ0v) is 11.3. The van der Waals surface area contributed by atoms with Gasteiger partial charge in [-0.1, -0.05) is 25.1 Å². The molecule has 0 heterocycles. The Morgan fingerprint density at radius 1 is 1.26 bits per heavy atom. The van der Waals surface area contributed by atoms with Crippen LogP contribution in [-0.4, -0.2) is 26.5 Å². The number of benzene rings is 1. The molecule has 0 bridgehead atoms. The summed E-state index contributed by atoms with van der Waals surface area (Å²) in [5, 5.41) is 2.82. The van der Waals surface area contributed by atoms with E-state index in [1.54, 1.807) is 13.0 Å². The first-order chi connectivity index (χ1) is 8.74. The van der Waals surface area contributed by atoms with Gasteiger partial charge >= 0.3 is 6.18 Å². The van der Waals surface area contributed by atoms with Gasteiger partial charge in [0.2, 0.25) is 0 Å². The smallest absolute Gasteiger partial charge is 0.312 e. The second-order valence-electron chi connectivity index (χ2n) is 4.11. The monoisotopic (exact) mass is 295 g/mol. The second kappa shape index (κ2) is 6.38. The van der Waals surface area contributed by atoms with Gasteiger partial charge in [-0.05, 0) is 11.6 Å². The Balaban J connectivity index is 2.51. The molecule has 7 heteroatoms. The molecule has 0 amide bonds. The standard InChI is InChI=1S/C12H16F3NO2S/c1-2-19(17,18)7-6-16-9-10-4-3-5-11(8-10)12(13,14)15/h3-5,8,16H,2,6-7,9H2,1H3. The van der Waals surface area contributed by atoms with Gasteiger partial charge in [0.05, 0.1) is 11.3 Å². The maximum atomic E-state index is 12.5. The van der Waals surface area contributed by atoms with Crippen LogP contribution in [-0.2, 0) is 22.6 Å². The molecule has 1 N–H and O–H groups in total. The summed E-state index contributed by atoms with van der Waals surface area (Å²) >= 11 is 0. The van der Waals surface area contributed by atoms with E-state index in [2.05, 4.69) is 5.32 Å². The summed E-state index contributed by atoms with van der Waals surface area (Å²) in [5.41, 5.74) is -0.225. The van der Waals surface area contributed by atoms with Crippen molar-refractivity contribution in [1.82, 2.24) is 5.32 Å².